The van der Waals surface area contributed by atoms with E-state index in [1.165, 1.54) is 7.11 Å². The van der Waals surface area contributed by atoms with Gasteiger partial charge in [0, 0.05) is 17.1 Å². The van der Waals surface area contributed by atoms with E-state index in [4.69, 9.17) is 9.47 Å². The number of hydrogen-bond acceptors (Lipinski definition) is 5. The first kappa shape index (κ1) is 24.6. The highest BCUT2D eigenvalue weighted by Gasteiger charge is 2.35. The van der Waals surface area contributed by atoms with Crippen LogP contribution in [0.15, 0.2) is 60.3 Å². The van der Waals surface area contributed by atoms with Crippen LogP contribution in [-0.4, -0.2) is 47.6 Å². The Kier molecular flexibility index (Phi) is 7.10. The molecule has 0 bridgehead atoms. The zero-order valence-electron chi connectivity index (χ0n) is 20.6. The maximum absolute atomic E-state index is 13.0. The van der Waals surface area contributed by atoms with Crippen LogP contribution in [0, 0.1) is 13.8 Å². The van der Waals surface area contributed by atoms with E-state index in [0.717, 1.165) is 33.3 Å². The normalized spacial score (nSPS) is 14.2. The second-order valence-electron chi connectivity index (χ2n) is 8.22. The molecule has 186 valence electrons. The number of ether oxygens (including phenoxy) is 2. The second kappa shape index (κ2) is 10.4. The van der Waals surface area contributed by atoms with Gasteiger partial charge in [-0.25, -0.2) is 9.69 Å². The summed E-state index contributed by atoms with van der Waals surface area (Å²) in [7, 11) is 1.49. The van der Waals surface area contributed by atoms with Gasteiger partial charge in [-0.1, -0.05) is 12.1 Å². The largest absolute Gasteiger partial charge is 0.495 e. The van der Waals surface area contributed by atoms with Gasteiger partial charge in [-0.2, -0.15) is 0 Å². The third kappa shape index (κ3) is 4.95. The number of hydrogen-bond donors (Lipinski definition) is 2. The molecular formula is C27H28N4O5. The number of carbonyl (C=O) groups is 3. The number of anilines is 1. The molecule has 36 heavy (non-hydrogen) atoms. The minimum Gasteiger partial charge on any atom is -0.495 e. The molecule has 1 aliphatic rings. The summed E-state index contributed by atoms with van der Waals surface area (Å²) in [4.78, 5) is 38.9. The minimum absolute atomic E-state index is 0.108. The summed E-state index contributed by atoms with van der Waals surface area (Å²) in [5.41, 5.74) is 4.17. The fraction of sp³-hybridized carbons (Fsp3) is 0.222. The molecular weight excluding hydrogens is 460 g/mol. The molecule has 0 aliphatic carbocycles. The Labute approximate surface area is 209 Å². The first-order valence-electron chi connectivity index (χ1n) is 11.5. The van der Waals surface area contributed by atoms with Gasteiger partial charge in [0.15, 0.2) is 0 Å². The van der Waals surface area contributed by atoms with Crippen molar-refractivity contribution in [2.75, 3.05) is 25.6 Å². The van der Waals surface area contributed by atoms with Crippen LogP contribution in [0.1, 0.15) is 23.9 Å². The van der Waals surface area contributed by atoms with E-state index in [9.17, 15) is 14.4 Å². The second-order valence-corrected chi connectivity index (χ2v) is 8.22. The summed E-state index contributed by atoms with van der Waals surface area (Å²) in [5.74, 6) is 0.186. The molecule has 1 aromatic heterocycles. The molecule has 0 atom stereocenters. The molecule has 2 N–H and O–H groups in total. The number of benzene rings is 2. The molecule has 2 heterocycles. The van der Waals surface area contributed by atoms with Gasteiger partial charge in [0.05, 0.1) is 19.4 Å². The average molecular weight is 489 g/mol. The van der Waals surface area contributed by atoms with E-state index in [-0.39, 0.29) is 5.70 Å². The number of imide groups is 1. The van der Waals surface area contributed by atoms with Gasteiger partial charge >= 0.3 is 6.03 Å². The number of nitrogens with one attached hydrogen (secondary N) is 2. The lowest BCUT2D eigenvalue weighted by Gasteiger charge is -2.13. The Morgan fingerprint density at radius 2 is 1.81 bits per heavy atom. The summed E-state index contributed by atoms with van der Waals surface area (Å²) in [5, 5.41) is 5.25. The maximum Gasteiger partial charge on any atom is 0.329 e. The molecule has 2 aromatic carbocycles. The van der Waals surface area contributed by atoms with E-state index in [2.05, 4.69) is 15.2 Å². The van der Waals surface area contributed by atoms with Crippen molar-refractivity contribution in [1.82, 2.24) is 14.8 Å². The van der Waals surface area contributed by atoms with Gasteiger partial charge in [0.25, 0.3) is 5.91 Å². The van der Waals surface area contributed by atoms with E-state index < -0.39 is 24.4 Å². The zero-order valence-corrected chi connectivity index (χ0v) is 20.6. The minimum atomic E-state index is -0.651. The van der Waals surface area contributed by atoms with Crippen LogP contribution in [0.5, 0.6) is 11.5 Å². The van der Waals surface area contributed by atoms with Crippen molar-refractivity contribution in [3.05, 3.63) is 77.2 Å². The van der Waals surface area contributed by atoms with Gasteiger partial charge in [0.1, 0.15) is 23.7 Å². The molecule has 1 aliphatic heterocycles. The Bertz CT molecular complexity index is 1340. The first-order chi connectivity index (χ1) is 17.3. The van der Waals surface area contributed by atoms with Gasteiger partial charge < -0.3 is 24.7 Å². The SMILES string of the molecule is CCOc1ccc(-n2c(C)cc(/C=C3/NC(=O)N(CC(=O)Nc4ccccc4OC)C3=O)c2C)cc1. The predicted molar refractivity (Wildman–Crippen MR) is 136 cm³/mol. The number of carbonyl (C=O) groups excluding carboxylic acids is 3. The molecule has 3 aromatic rings. The lowest BCUT2D eigenvalue weighted by atomic mass is 10.2. The summed E-state index contributed by atoms with van der Waals surface area (Å²) in [6.45, 7) is 6.01. The fourth-order valence-electron chi connectivity index (χ4n) is 4.14. The molecule has 9 nitrogen and oxygen atoms in total. The maximum atomic E-state index is 13.0. The zero-order chi connectivity index (χ0) is 25.8. The lowest BCUT2D eigenvalue weighted by Crippen LogP contribution is -2.38. The van der Waals surface area contributed by atoms with Crippen LogP contribution >= 0.6 is 0 Å². The van der Waals surface area contributed by atoms with E-state index in [0.29, 0.717) is 18.0 Å². The van der Waals surface area contributed by atoms with Crippen LogP contribution in [0.3, 0.4) is 0 Å². The van der Waals surface area contributed by atoms with E-state index in [1.54, 1.807) is 30.3 Å². The lowest BCUT2D eigenvalue weighted by molar-refractivity contribution is -0.127. The van der Waals surface area contributed by atoms with Gasteiger partial charge in [-0.3, -0.25) is 9.59 Å². The third-order valence-electron chi connectivity index (χ3n) is 5.82. The number of rotatable bonds is 8. The smallest absolute Gasteiger partial charge is 0.329 e. The molecule has 0 spiro atoms. The molecule has 1 fully saturated rings. The summed E-state index contributed by atoms with van der Waals surface area (Å²) in [6.07, 6.45) is 1.63. The van der Waals surface area contributed by atoms with Crippen molar-refractivity contribution < 1.29 is 23.9 Å². The van der Waals surface area contributed by atoms with Crippen molar-refractivity contribution in [2.45, 2.75) is 20.8 Å². The van der Waals surface area contributed by atoms with Crippen molar-refractivity contribution in [3.8, 4) is 17.2 Å². The molecule has 4 rings (SSSR count). The summed E-state index contributed by atoms with van der Waals surface area (Å²) < 4.78 is 12.8. The number of amides is 4. The summed E-state index contributed by atoms with van der Waals surface area (Å²) >= 11 is 0. The standard InChI is InChI=1S/C27H28N4O5/c1-5-36-21-12-10-20(11-13-21)31-17(2)14-19(18(31)3)15-23-26(33)30(27(34)29-23)16-25(32)28-22-8-6-7-9-24(22)35-4/h6-15H,5,16H2,1-4H3,(H,28,32)(H,29,34)/b23-15+. The van der Waals surface area contributed by atoms with Gasteiger partial charge in [-0.15, -0.1) is 0 Å². The Morgan fingerprint density at radius 3 is 2.50 bits per heavy atom. The van der Waals surface area contributed by atoms with Crippen LogP contribution < -0.4 is 20.1 Å². The Balaban J connectivity index is 1.51. The highest BCUT2D eigenvalue weighted by molar-refractivity contribution is 6.16. The van der Waals surface area contributed by atoms with E-state index >= 15 is 0 Å². The summed E-state index contributed by atoms with van der Waals surface area (Å²) in [6, 6.07) is 15.9. The van der Waals surface area contributed by atoms with Crippen LogP contribution in [0.2, 0.25) is 0 Å². The van der Waals surface area contributed by atoms with E-state index in [1.807, 2.05) is 51.1 Å². The van der Waals surface area contributed by atoms with Crippen LogP contribution in [-0.2, 0) is 9.59 Å². The Hall–Kier alpha value is -4.53. The fourth-order valence-corrected chi connectivity index (χ4v) is 4.14. The van der Waals surface area contributed by atoms with Crippen molar-refractivity contribution >= 4 is 29.6 Å². The highest BCUT2D eigenvalue weighted by atomic mass is 16.5. The molecule has 0 saturated carbocycles. The first-order valence-corrected chi connectivity index (χ1v) is 11.5. The Morgan fingerprint density at radius 1 is 1.08 bits per heavy atom. The van der Waals surface area contributed by atoms with Crippen LogP contribution in [0.4, 0.5) is 10.5 Å². The topological polar surface area (TPSA) is 102 Å². The molecule has 9 heteroatoms. The number of urea groups is 1. The molecule has 1 saturated heterocycles. The number of aryl methyl sites for hydroxylation is 1. The van der Waals surface area contributed by atoms with Crippen molar-refractivity contribution in [2.24, 2.45) is 0 Å². The van der Waals surface area contributed by atoms with Gasteiger partial charge in [0.2, 0.25) is 5.91 Å². The molecule has 4 amide bonds. The third-order valence-corrected chi connectivity index (χ3v) is 5.82. The monoisotopic (exact) mass is 488 g/mol. The van der Waals surface area contributed by atoms with Gasteiger partial charge in [-0.05, 0) is 74.9 Å². The number of aromatic nitrogens is 1. The highest BCUT2D eigenvalue weighted by Crippen LogP contribution is 2.26. The number of nitrogens with zero attached hydrogens (tertiary/aromatic N) is 2. The van der Waals surface area contributed by atoms with Crippen molar-refractivity contribution in [3.63, 3.8) is 0 Å². The van der Waals surface area contributed by atoms with Crippen molar-refractivity contribution in [1.29, 1.82) is 0 Å². The predicted octanol–water partition coefficient (Wildman–Crippen LogP) is 4.03. The molecule has 0 radical (unpaired) electrons. The quantitative estimate of drug-likeness (QED) is 0.368. The number of methoxy groups -OCH3 is 1. The van der Waals surface area contributed by atoms with Crippen LogP contribution in [0.25, 0.3) is 11.8 Å². The molecule has 0 unspecified atom stereocenters. The number of para-hydroxylation sites is 2. The average Bonchev–Trinajstić information content (AvgIpc) is 3.29.